The first kappa shape index (κ1) is 17.9. The summed E-state index contributed by atoms with van der Waals surface area (Å²) < 4.78 is 0. The van der Waals surface area contributed by atoms with Crippen molar-refractivity contribution in [2.45, 2.75) is 13.0 Å². The molecule has 0 unspecified atom stereocenters. The van der Waals surface area contributed by atoms with Crippen LogP contribution in [0.15, 0.2) is 18.2 Å². The van der Waals surface area contributed by atoms with E-state index >= 15 is 0 Å². The molecule has 134 valence electrons. The zero-order valence-corrected chi connectivity index (χ0v) is 15.1. The fourth-order valence-electron chi connectivity index (χ4n) is 3.05. The lowest BCUT2D eigenvalue weighted by Gasteiger charge is -2.40. The average molecular weight is 373 g/mol. The van der Waals surface area contributed by atoms with Gasteiger partial charge in [0.15, 0.2) is 0 Å². The maximum Gasteiger partial charge on any atom is 0.298 e. The van der Waals surface area contributed by atoms with Gasteiger partial charge in [-0.25, -0.2) is 0 Å². The fourth-order valence-corrected chi connectivity index (χ4v) is 3.30. The first-order valence-electron chi connectivity index (χ1n) is 7.96. The number of rotatable bonds is 2. The third-order valence-corrected chi connectivity index (χ3v) is 4.49. The molecular formula is C17H17ClN6O2. The normalized spacial score (nSPS) is 17.1. The van der Waals surface area contributed by atoms with E-state index in [1.54, 1.807) is 29.0 Å². The number of piperazine rings is 1. The SMILES string of the molecule is C#CC(=O)N1CCN(C(C)=O)[C@H](c2cc(Cl)cc(-c3nnn(C)n3)c2)C1. The Hall–Kier alpha value is -2.92. The summed E-state index contributed by atoms with van der Waals surface area (Å²) in [6.45, 7) is 2.61. The summed E-state index contributed by atoms with van der Waals surface area (Å²) in [7, 11) is 1.67. The minimum absolute atomic E-state index is 0.0815. The molecule has 0 bridgehead atoms. The minimum Gasteiger partial charge on any atom is -0.332 e. The monoisotopic (exact) mass is 372 g/mol. The van der Waals surface area contributed by atoms with Crippen molar-refractivity contribution in [2.24, 2.45) is 7.05 Å². The van der Waals surface area contributed by atoms with E-state index in [0.717, 1.165) is 5.56 Å². The Kier molecular flexibility index (Phi) is 4.91. The number of amides is 2. The Morgan fingerprint density at radius 1 is 1.31 bits per heavy atom. The third kappa shape index (κ3) is 3.53. The Balaban J connectivity index is 2.00. The molecule has 1 atom stereocenters. The molecule has 3 rings (SSSR count). The zero-order valence-electron chi connectivity index (χ0n) is 14.4. The van der Waals surface area contributed by atoms with Gasteiger partial charge in [0.2, 0.25) is 11.7 Å². The number of carbonyl (C=O) groups is 2. The third-order valence-electron chi connectivity index (χ3n) is 4.27. The van der Waals surface area contributed by atoms with E-state index in [1.807, 2.05) is 6.07 Å². The van der Waals surface area contributed by atoms with Crippen molar-refractivity contribution < 1.29 is 9.59 Å². The van der Waals surface area contributed by atoms with E-state index in [4.69, 9.17) is 18.0 Å². The molecule has 0 radical (unpaired) electrons. The van der Waals surface area contributed by atoms with E-state index in [-0.39, 0.29) is 11.9 Å². The van der Waals surface area contributed by atoms with E-state index in [1.165, 1.54) is 11.7 Å². The van der Waals surface area contributed by atoms with Gasteiger partial charge in [-0.15, -0.1) is 16.6 Å². The van der Waals surface area contributed by atoms with Gasteiger partial charge in [-0.3, -0.25) is 9.59 Å². The smallest absolute Gasteiger partial charge is 0.298 e. The van der Waals surface area contributed by atoms with Crippen LogP contribution in [0, 0.1) is 12.3 Å². The van der Waals surface area contributed by atoms with E-state index in [2.05, 4.69) is 21.3 Å². The summed E-state index contributed by atoms with van der Waals surface area (Å²) >= 11 is 6.28. The molecule has 2 heterocycles. The predicted octanol–water partition coefficient (Wildman–Crippen LogP) is 0.895. The lowest BCUT2D eigenvalue weighted by Crippen LogP contribution is -2.51. The van der Waals surface area contributed by atoms with Crippen molar-refractivity contribution >= 4 is 23.4 Å². The van der Waals surface area contributed by atoms with Crippen LogP contribution in [0.3, 0.4) is 0 Å². The maximum atomic E-state index is 12.1. The summed E-state index contributed by atoms with van der Waals surface area (Å²) in [5.41, 5.74) is 1.47. The van der Waals surface area contributed by atoms with Crippen LogP contribution in [0.2, 0.25) is 5.02 Å². The zero-order chi connectivity index (χ0) is 18.8. The van der Waals surface area contributed by atoms with Gasteiger partial charge in [0.25, 0.3) is 5.91 Å². The van der Waals surface area contributed by atoms with Gasteiger partial charge >= 0.3 is 0 Å². The van der Waals surface area contributed by atoms with E-state index in [9.17, 15) is 9.59 Å². The molecule has 8 nitrogen and oxygen atoms in total. The lowest BCUT2D eigenvalue weighted by atomic mass is 9.99. The first-order chi connectivity index (χ1) is 12.4. The van der Waals surface area contributed by atoms with Crippen molar-refractivity contribution in [3.63, 3.8) is 0 Å². The number of hydrogen-bond acceptors (Lipinski definition) is 5. The number of hydrogen-bond donors (Lipinski definition) is 0. The Bertz CT molecular complexity index is 903. The summed E-state index contributed by atoms with van der Waals surface area (Å²) in [6.07, 6.45) is 5.24. The van der Waals surface area contributed by atoms with Crippen LogP contribution < -0.4 is 0 Å². The number of aromatic nitrogens is 4. The minimum atomic E-state index is -0.393. The van der Waals surface area contributed by atoms with Crippen molar-refractivity contribution in [3.8, 4) is 23.7 Å². The first-order valence-corrected chi connectivity index (χ1v) is 8.34. The second-order valence-corrected chi connectivity index (χ2v) is 6.44. The molecule has 26 heavy (non-hydrogen) atoms. The second-order valence-electron chi connectivity index (χ2n) is 6.00. The number of aryl methyl sites for hydroxylation is 1. The Morgan fingerprint density at radius 2 is 2.08 bits per heavy atom. The molecule has 2 amide bonds. The van der Waals surface area contributed by atoms with Gasteiger partial charge in [-0.05, 0) is 34.9 Å². The maximum absolute atomic E-state index is 12.1. The van der Waals surface area contributed by atoms with Crippen LogP contribution in [0.1, 0.15) is 18.5 Å². The Morgan fingerprint density at radius 3 is 2.69 bits per heavy atom. The highest BCUT2D eigenvalue weighted by Crippen LogP contribution is 2.31. The number of halogens is 1. The average Bonchev–Trinajstić information content (AvgIpc) is 3.06. The lowest BCUT2D eigenvalue weighted by molar-refractivity contribution is -0.139. The van der Waals surface area contributed by atoms with Gasteiger partial charge in [0.1, 0.15) is 0 Å². The molecule has 1 aliphatic rings. The molecule has 1 aromatic heterocycles. The van der Waals surface area contributed by atoms with Crippen LogP contribution in [-0.2, 0) is 16.6 Å². The predicted molar refractivity (Wildman–Crippen MR) is 94.8 cm³/mol. The van der Waals surface area contributed by atoms with Crippen molar-refractivity contribution in [1.29, 1.82) is 0 Å². The highest BCUT2D eigenvalue weighted by molar-refractivity contribution is 6.31. The second kappa shape index (κ2) is 7.14. The summed E-state index contributed by atoms with van der Waals surface area (Å²) in [6, 6.07) is 5.00. The van der Waals surface area contributed by atoms with Crippen LogP contribution in [0.5, 0.6) is 0 Å². The molecule has 0 saturated carbocycles. The number of tetrazole rings is 1. The highest BCUT2D eigenvalue weighted by Gasteiger charge is 2.32. The molecule has 1 aromatic carbocycles. The molecule has 1 aliphatic heterocycles. The van der Waals surface area contributed by atoms with Crippen LogP contribution >= 0.6 is 11.6 Å². The molecule has 9 heteroatoms. The van der Waals surface area contributed by atoms with Gasteiger partial charge in [0, 0.05) is 37.1 Å². The van der Waals surface area contributed by atoms with Crippen LogP contribution in [-0.4, -0.2) is 61.5 Å². The van der Waals surface area contributed by atoms with Gasteiger partial charge < -0.3 is 9.80 Å². The molecule has 0 N–H and O–H groups in total. The molecule has 0 aliphatic carbocycles. The fraction of sp³-hybridized carbons (Fsp3) is 0.353. The van der Waals surface area contributed by atoms with E-state index < -0.39 is 5.91 Å². The highest BCUT2D eigenvalue weighted by atomic mass is 35.5. The van der Waals surface area contributed by atoms with Crippen LogP contribution in [0.25, 0.3) is 11.4 Å². The number of terminal acetylenes is 1. The van der Waals surface area contributed by atoms with Gasteiger partial charge in [0.05, 0.1) is 13.1 Å². The largest absolute Gasteiger partial charge is 0.332 e. The van der Waals surface area contributed by atoms with Crippen LogP contribution in [0.4, 0.5) is 0 Å². The molecule has 1 fully saturated rings. The topological polar surface area (TPSA) is 84.2 Å². The standard InChI is InChI=1S/C17H17ClN6O2/c1-4-16(26)23-5-6-24(11(2)25)15(10-23)12-7-13(9-14(18)8-12)17-19-21-22(3)20-17/h1,7-9,15H,5-6,10H2,2-3H3/t15-/m0/s1. The summed E-state index contributed by atoms with van der Waals surface area (Å²) in [5, 5.41) is 12.5. The number of benzene rings is 1. The number of nitrogens with zero attached hydrogens (tertiary/aromatic N) is 6. The number of carbonyl (C=O) groups excluding carboxylic acids is 2. The summed E-state index contributed by atoms with van der Waals surface area (Å²) in [4.78, 5) is 28.6. The van der Waals surface area contributed by atoms with E-state index in [0.29, 0.717) is 36.0 Å². The quantitative estimate of drug-likeness (QED) is 0.731. The van der Waals surface area contributed by atoms with Gasteiger partial charge in [-0.2, -0.15) is 4.80 Å². The van der Waals surface area contributed by atoms with Gasteiger partial charge in [-0.1, -0.05) is 11.6 Å². The molecule has 2 aromatic rings. The molecular weight excluding hydrogens is 356 g/mol. The summed E-state index contributed by atoms with van der Waals surface area (Å²) in [5.74, 6) is 2.08. The van der Waals surface area contributed by atoms with Crippen molar-refractivity contribution in [1.82, 2.24) is 30.0 Å². The Labute approximate surface area is 155 Å². The van der Waals surface area contributed by atoms with Crippen molar-refractivity contribution in [2.75, 3.05) is 19.6 Å². The van der Waals surface area contributed by atoms with Crippen molar-refractivity contribution in [3.05, 3.63) is 28.8 Å². The molecule has 0 spiro atoms. The molecule has 1 saturated heterocycles.